The van der Waals surface area contributed by atoms with Gasteiger partial charge in [0, 0.05) is 43.8 Å². The summed E-state index contributed by atoms with van der Waals surface area (Å²) in [6.45, 7) is 7.43. The van der Waals surface area contributed by atoms with Gasteiger partial charge in [0.15, 0.2) is 5.76 Å². The van der Waals surface area contributed by atoms with E-state index in [2.05, 4.69) is 10.2 Å². The molecule has 6 nitrogen and oxygen atoms in total. The molecule has 0 bridgehead atoms. The van der Waals surface area contributed by atoms with Crippen LogP contribution in [-0.2, 0) is 9.47 Å². The Bertz CT molecular complexity index is 490. The predicted octanol–water partition coefficient (Wildman–Crippen LogP) is 1.06. The Labute approximate surface area is 130 Å². The van der Waals surface area contributed by atoms with Crippen molar-refractivity contribution >= 4 is 5.91 Å². The van der Waals surface area contributed by atoms with Gasteiger partial charge in [-0.3, -0.25) is 9.69 Å². The molecule has 0 spiro atoms. The van der Waals surface area contributed by atoms with E-state index in [1.54, 1.807) is 12.3 Å². The third-order valence-corrected chi connectivity index (χ3v) is 4.56. The van der Waals surface area contributed by atoms with Crippen molar-refractivity contribution in [1.82, 2.24) is 10.2 Å². The lowest BCUT2D eigenvalue weighted by atomic mass is 9.97. The van der Waals surface area contributed by atoms with E-state index in [9.17, 15) is 4.79 Å². The van der Waals surface area contributed by atoms with E-state index in [1.165, 1.54) is 0 Å². The van der Waals surface area contributed by atoms with E-state index in [-0.39, 0.29) is 5.91 Å². The second-order valence-electron chi connectivity index (χ2n) is 5.98. The van der Waals surface area contributed by atoms with Crippen molar-refractivity contribution in [3.8, 4) is 0 Å². The van der Waals surface area contributed by atoms with Crippen molar-refractivity contribution in [3.05, 3.63) is 23.7 Å². The quantitative estimate of drug-likeness (QED) is 0.881. The number of aryl methyl sites for hydroxylation is 1. The molecule has 0 aromatic carbocycles. The fourth-order valence-electron chi connectivity index (χ4n) is 3.24. The molecule has 3 heterocycles. The van der Waals surface area contributed by atoms with Crippen LogP contribution in [0.25, 0.3) is 0 Å². The first-order valence-corrected chi connectivity index (χ1v) is 7.97. The molecule has 3 rings (SSSR count). The van der Waals surface area contributed by atoms with Gasteiger partial charge >= 0.3 is 0 Å². The molecule has 2 aliphatic rings. The van der Waals surface area contributed by atoms with Gasteiger partial charge in [0.25, 0.3) is 5.91 Å². The van der Waals surface area contributed by atoms with E-state index in [1.807, 2.05) is 6.92 Å². The molecule has 0 saturated carbocycles. The Balaban J connectivity index is 1.62. The monoisotopic (exact) mass is 308 g/mol. The largest absolute Gasteiger partial charge is 0.459 e. The molecule has 1 N–H and O–H groups in total. The molecule has 1 amide bonds. The van der Waals surface area contributed by atoms with E-state index in [4.69, 9.17) is 13.9 Å². The lowest BCUT2D eigenvalue weighted by molar-refractivity contribution is 0.00160. The molecule has 6 heteroatoms. The van der Waals surface area contributed by atoms with Gasteiger partial charge in [-0.2, -0.15) is 0 Å². The van der Waals surface area contributed by atoms with Crippen molar-refractivity contribution < 1.29 is 18.7 Å². The molecule has 0 aliphatic carbocycles. The Hall–Kier alpha value is -1.37. The Morgan fingerprint density at radius 1 is 1.36 bits per heavy atom. The summed E-state index contributed by atoms with van der Waals surface area (Å²) in [5.74, 6) is 0.735. The summed E-state index contributed by atoms with van der Waals surface area (Å²) in [5.41, 5.74) is 0.865. The van der Waals surface area contributed by atoms with Gasteiger partial charge in [0.1, 0.15) is 0 Å². The molecule has 22 heavy (non-hydrogen) atoms. The number of hydrogen-bond acceptors (Lipinski definition) is 5. The van der Waals surface area contributed by atoms with E-state index >= 15 is 0 Å². The summed E-state index contributed by atoms with van der Waals surface area (Å²) in [7, 11) is 0. The standard InChI is InChI=1S/C16H24N2O4/c1-12-2-7-22-15(12)16(19)17-10-14(13-3-6-21-11-13)18-4-8-20-9-5-18/h2,7,13-14H,3-6,8-11H2,1H3,(H,17,19)/t13-,14+/m0/s1. The number of hydrogen-bond donors (Lipinski definition) is 1. The van der Waals surface area contributed by atoms with Gasteiger partial charge in [-0.1, -0.05) is 0 Å². The van der Waals surface area contributed by atoms with Crippen LogP contribution in [0.15, 0.2) is 16.7 Å². The summed E-state index contributed by atoms with van der Waals surface area (Å²) in [4.78, 5) is 14.7. The number of furan rings is 1. The van der Waals surface area contributed by atoms with Gasteiger partial charge in [0.05, 0.1) is 26.1 Å². The maximum atomic E-state index is 12.2. The number of ether oxygens (including phenoxy) is 2. The highest BCUT2D eigenvalue weighted by atomic mass is 16.5. The number of carbonyl (C=O) groups is 1. The van der Waals surface area contributed by atoms with Crippen molar-refractivity contribution in [2.45, 2.75) is 19.4 Å². The highest BCUT2D eigenvalue weighted by molar-refractivity contribution is 5.92. The van der Waals surface area contributed by atoms with Crippen molar-refractivity contribution in [2.24, 2.45) is 5.92 Å². The lowest BCUT2D eigenvalue weighted by Gasteiger charge is -2.37. The average Bonchev–Trinajstić information content (AvgIpc) is 3.20. The first-order valence-electron chi connectivity index (χ1n) is 7.97. The van der Waals surface area contributed by atoms with E-state index in [0.29, 0.717) is 24.3 Å². The Morgan fingerprint density at radius 3 is 2.82 bits per heavy atom. The lowest BCUT2D eigenvalue weighted by Crippen LogP contribution is -2.52. The van der Waals surface area contributed by atoms with Crippen LogP contribution in [0.5, 0.6) is 0 Å². The number of carbonyl (C=O) groups excluding carboxylic acids is 1. The zero-order valence-electron chi connectivity index (χ0n) is 13.0. The smallest absolute Gasteiger partial charge is 0.287 e. The number of nitrogens with one attached hydrogen (secondary N) is 1. The predicted molar refractivity (Wildman–Crippen MR) is 80.9 cm³/mol. The number of rotatable bonds is 5. The fraction of sp³-hybridized carbons (Fsp3) is 0.688. The van der Waals surface area contributed by atoms with Gasteiger partial charge in [-0.15, -0.1) is 0 Å². The van der Waals surface area contributed by atoms with Crippen LogP contribution in [0.3, 0.4) is 0 Å². The molecule has 2 fully saturated rings. The molecule has 1 aromatic heterocycles. The van der Waals surface area contributed by atoms with Crippen LogP contribution in [-0.4, -0.2) is 62.9 Å². The molecular formula is C16H24N2O4. The van der Waals surface area contributed by atoms with Crippen molar-refractivity contribution in [2.75, 3.05) is 46.1 Å². The Kier molecular flexibility index (Phi) is 5.12. The van der Waals surface area contributed by atoms with Crippen LogP contribution in [0, 0.1) is 12.8 Å². The van der Waals surface area contributed by atoms with Crippen LogP contribution in [0.2, 0.25) is 0 Å². The first kappa shape index (κ1) is 15.5. The van der Waals surface area contributed by atoms with Gasteiger partial charge < -0.3 is 19.2 Å². The average molecular weight is 308 g/mol. The molecule has 0 unspecified atom stereocenters. The maximum Gasteiger partial charge on any atom is 0.287 e. The SMILES string of the molecule is Cc1ccoc1C(=O)NC[C@H]([C@H]1CCOC1)N1CCOCC1. The van der Waals surface area contributed by atoms with Crippen LogP contribution >= 0.6 is 0 Å². The number of amides is 1. The molecule has 1 aromatic rings. The van der Waals surface area contributed by atoms with Crippen LogP contribution < -0.4 is 5.32 Å². The summed E-state index contributed by atoms with van der Waals surface area (Å²) >= 11 is 0. The van der Waals surface area contributed by atoms with Gasteiger partial charge in [-0.25, -0.2) is 0 Å². The molecule has 2 saturated heterocycles. The normalized spacial score (nSPS) is 24.3. The second-order valence-corrected chi connectivity index (χ2v) is 5.98. The molecule has 2 atom stereocenters. The number of morpholine rings is 1. The zero-order chi connectivity index (χ0) is 15.4. The van der Waals surface area contributed by atoms with E-state index < -0.39 is 0 Å². The summed E-state index contributed by atoms with van der Waals surface area (Å²) < 4.78 is 16.2. The van der Waals surface area contributed by atoms with Crippen LogP contribution in [0.4, 0.5) is 0 Å². The minimum Gasteiger partial charge on any atom is -0.459 e. The van der Waals surface area contributed by atoms with Crippen molar-refractivity contribution in [3.63, 3.8) is 0 Å². The van der Waals surface area contributed by atoms with E-state index in [0.717, 1.165) is 51.5 Å². The minimum absolute atomic E-state index is 0.139. The fourth-order valence-corrected chi connectivity index (χ4v) is 3.24. The summed E-state index contributed by atoms with van der Waals surface area (Å²) in [5, 5.41) is 3.03. The first-order chi connectivity index (χ1) is 10.8. The van der Waals surface area contributed by atoms with Crippen molar-refractivity contribution in [1.29, 1.82) is 0 Å². The van der Waals surface area contributed by atoms with Crippen LogP contribution in [0.1, 0.15) is 22.5 Å². The third-order valence-electron chi connectivity index (χ3n) is 4.56. The highest BCUT2D eigenvalue weighted by Gasteiger charge is 2.32. The molecule has 0 radical (unpaired) electrons. The van der Waals surface area contributed by atoms with Gasteiger partial charge in [-0.05, 0) is 19.4 Å². The topological polar surface area (TPSA) is 63.9 Å². The maximum absolute atomic E-state index is 12.2. The third kappa shape index (κ3) is 3.51. The molecular weight excluding hydrogens is 284 g/mol. The summed E-state index contributed by atoms with van der Waals surface area (Å²) in [6, 6.07) is 2.10. The van der Waals surface area contributed by atoms with Gasteiger partial charge in [0.2, 0.25) is 0 Å². The molecule has 2 aliphatic heterocycles. The summed E-state index contributed by atoms with van der Waals surface area (Å²) in [6.07, 6.45) is 2.60. The second kappa shape index (κ2) is 7.26. The number of nitrogens with zero attached hydrogens (tertiary/aromatic N) is 1. The zero-order valence-corrected chi connectivity index (χ0v) is 13.0. The minimum atomic E-state index is -0.139. The highest BCUT2D eigenvalue weighted by Crippen LogP contribution is 2.22. The Morgan fingerprint density at radius 2 is 2.18 bits per heavy atom. The molecule has 122 valence electrons.